The highest BCUT2D eigenvalue weighted by Crippen LogP contribution is 2.31. The van der Waals surface area contributed by atoms with Gasteiger partial charge in [-0.05, 0) is 30.9 Å². The number of hydrogen-bond acceptors (Lipinski definition) is 5. The summed E-state index contributed by atoms with van der Waals surface area (Å²) in [5.74, 6) is 0.362. The standard InChI is InChI=1S/C17H23N5O2S/c1-20-12-17(19-13-20)25(23,24)22-9-14-5-6-16(11-22)21(8-14)10-15-4-2-3-7-18-15/h2-4,7,12-14,16H,5-6,8-11H2,1H3/t14-,16-/m0/s1. The fourth-order valence-electron chi connectivity index (χ4n) is 3.88. The van der Waals surface area contributed by atoms with Crippen LogP contribution < -0.4 is 0 Å². The Labute approximate surface area is 148 Å². The van der Waals surface area contributed by atoms with Crippen molar-refractivity contribution >= 4 is 10.0 Å². The molecule has 3 saturated heterocycles. The lowest BCUT2D eigenvalue weighted by molar-refractivity contribution is 0.124. The van der Waals surface area contributed by atoms with Crippen LogP contribution >= 0.6 is 0 Å². The van der Waals surface area contributed by atoms with Crippen LogP contribution in [0.2, 0.25) is 0 Å². The van der Waals surface area contributed by atoms with E-state index in [1.54, 1.807) is 22.1 Å². The summed E-state index contributed by atoms with van der Waals surface area (Å²) in [5, 5.41) is 0.146. The zero-order valence-corrected chi connectivity index (χ0v) is 15.1. The maximum Gasteiger partial charge on any atom is 0.262 e. The quantitative estimate of drug-likeness (QED) is 0.816. The Kier molecular flexibility index (Phi) is 4.35. The van der Waals surface area contributed by atoms with Crippen molar-refractivity contribution in [3.05, 3.63) is 42.6 Å². The Balaban J connectivity index is 1.55. The van der Waals surface area contributed by atoms with E-state index in [1.807, 2.05) is 24.4 Å². The molecule has 5 rings (SSSR count). The molecular formula is C17H23N5O2S. The number of pyridine rings is 1. The second kappa shape index (κ2) is 6.51. The van der Waals surface area contributed by atoms with Crippen molar-refractivity contribution in [2.24, 2.45) is 13.0 Å². The summed E-state index contributed by atoms with van der Waals surface area (Å²) in [6.07, 6.45) is 7.03. The highest BCUT2D eigenvalue weighted by Gasteiger charge is 2.40. The molecule has 2 atom stereocenters. The Bertz CT molecular complexity index is 836. The molecule has 25 heavy (non-hydrogen) atoms. The summed E-state index contributed by atoms with van der Waals surface area (Å²) < 4.78 is 29.2. The summed E-state index contributed by atoms with van der Waals surface area (Å²) in [6.45, 7) is 2.81. The van der Waals surface area contributed by atoms with Crippen LogP contribution in [0.1, 0.15) is 18.5 Å². The number of nitrogens with zero attached hydrogens (tertiary/aromatic N) is 5. The van der Waals surface area contributed by atoms with E-state index in [9.17, 15) is 8.42 Å². The van der Waals surface area contributed by atoms with Gasteiger partial charge in [-0.3, -0.25) is 9.88 Å². The van der Waals surface area contributed by atoms with Crippen molar-refractivity contribution in [2.75, 3.05) is 19.6 Å². The molecule has 2 aromatic rings. The number of aryl methyl sites for hydroxylation is 1. The molecule has 5 heterocycles. The lowest BCUT2D eigenvalue weighted by atomic mass is 9.95. The smallest absolute Gasteiger partial charge is 0.262 e. The maximum absolute atomic E-state index is 13.0. The first kappa shape index (κ1) is 16.7. The van der Waals surface area contributed by atoms with E-state index in [4.69, 9.17) is 0 Å². The van der Waals surface area contributed by atoms with E-state index < -0.39 is 10.0 Å². The normalized spacial score (nSPS) is 25.2. The average Bonchev–Trinajstić information content (AvgIpc) is 2.84. The van der Waals surface area contributed by atoms with Gasteiger partial charge < -0.3 is 4.57 Å². The topological polar surface area (TPSA) is 71.3 Å². The number of fused-ring (bicyclic) bond motifs is 4. The molecule has 0 amide bonds. The molecule has 8 heteroatoms. The predicted molar refractivity (Wildman–Crippen MR) is 93.1 cm³/mol. The fourth-order valence-corrected chi connectivity index (χ4v) is 5.40. The first-order chi connectivity index (χ1) is 12.0. The molecule has 134 valence electrons. The number of piperidine rings is 1. The van der Waals surface area contributed by atoms with Gasteiger partial charge in [-0.1, -0.05) is 6.07 Å². The molecule has 2 bridgehead atoms. The molecule has 0 unspecified atom stereocenters. The number of hydrogen-bond donors (Lipinski definition) is 0. The van der Waals surface area contributed by atoms with Gasteiger partial charge >= 0.3 is 0 Å². The minimum atomic E-state index is -3.53. The van der Waals surface area contributed by atoms with Crippen molar-refractivity contribution in [3.63, 3.8) is 0 Å². The van der Waals surface area contributed by atoms with E-state index in [0.29, 0.717) is 19.0 Å². The molecule has 0 spiro atoms. The molecule has 0 N–H and O–H groups in total. The van der Waals surface area contributed by atoms with Crippen molar-refractivity contribution in [1.29, 1.82) is 0 Å². The van der Waals surface area contributed by atoms with Crippen LogP contribution in [0, 0.1) is 5.92 Å². The SMILES string of the molecule is Cn1cnc(S(=O)(=O)N2C[C@H]3CC[C@@H](C2)N(Cc2ccccn2)C3)c1. The third-order valence-corrected chi connectivity index (χ3v) is 6.89. The van der Waals surface area contributed by atoms with Crippen molar-refractivity contribution in [1.82, 2.24) is 23.7 Å². The lowest BCUT2D eigenvalue weighted by Gasteiger charge is -2.35. The van der Waals surface area contributed by atoms with Gasteiger partial charge in [0.05, 0.1) is 12.0 Å². The van der Waals surface area contributed by atoms with Gasteiger partial charge in [-0.25, -0.2) is 13.4 Å². The Morgan fingerprint density at radius 2 is 2.04 bits per heavy atom. The maximum atomic E-state index is 13.0. The van der Waals surface area contributed by atoms with Crippen LogP contribution in [0.4, 0.5) is 0 Å². The van der Waals surface area contributed by atoms with E-state index in [0.717, 1.165) is 31.6 Å². The van der Waals surface area contributed by atoms with Gasteiger partial charge in [0, 0.05) is 51.7 Å². The van der Waals surface area contributed by atoms with Gasteiger partial charge in [0.2, 0.25) is 0 Å². The fraction of sp³-hybridized carbons (Fsp3) is 0.529. The van der Waals surface area contributed by atoms with Crippen LogP contribution in [0.3, 0.4) is 0 Å². The van der Waals surface area contributed by atoms with Crippen molar-refractivity contribution in [3.8, 4) is 0 Å². The van der Waals surface area contributed by atoms with Crippen molar-refractivity contribution in [2.45, 2.75) is 30.5 Å². The van der Waals surface area contributed by atoms with E-state index >= 15 is 0 Å². The third kappa shape index (κ3) is 3.33. The second-order valence-corrected chi connectivity index (χ2v) is 8.93. The van der Waals surface area contributed by atoms with Crippen LogP contribution in [0.25, 0.3) is 0 Å². The molecule has 3 fully saturated rings. The molecular weight excluding hydrogens is 338 g/mol. The summed E-state index contributed by atoms with van der Waals surface area (Å²) in [6, 6.07) is 6.18. The molecule has 0 radical (unpaired) electrons. The van der Waals surface area contributed by atoms with Crippen LogP contribution in [-0.2, 0) is 23.6 Å². The zero-order valence-electron chi connectivity index (χ0n) is 14.3. The molecule has 3 aliphatic heterocycles. The van der Waals surface area contributed by atoms with E-state index in [-0.39, 0.29) is 11.1 Å². The van der Waals surface area contributed by atoms with Crippen LogP contribution in [0.15, 0.2) is 41.9 Å². The van der Waals surface area contributed by atoms with E-state index in [2.05, 4.69) is 14.9 Å². The Morgan fingerprint density at radius 3 is 2.76 bits per heavy atom. The molecule has 3 aliphatic rings. The Morgan fingerprint density at radius 1 is 1.16 bits per heavy atom. The van der Waals surface area contributed by atoms with Gasteiger partial charge in [-0.2, -0.15) is 4.31 Å². The van der Waals surface area contributed by atoms with Gasteiger partial charge in [0.15, 0.2) is 5.03 Å². The van der Waals surface area contributed by atoms with E-state index in [1.165, 1.54) is 6.33 Å². The summed E-state index contributed by atoms with van der Waals surface area (Å²) >= 11 is 0. The molecule has 7 nitrogen and oxygen atoms in total. The summed E-state index contributed by atoms with van der Waals surface area (Å²) in [4.78, 5) is 10.9. The first-order valence-electron chi connectivity index (χ1n) is 8.64. The van der Waals surface area contributed by atoms with Gasteiger partial charge in [0.25, 0.3) is 10.0 Å². The largest absolute Gasteiger partial charge is 0.339 e. The minimum Gasteiger partial charge on any atom is -0.339 e. The molecule has 0 saturated carbocycles. The number of aromatic nitrogens is 3. The van der Waals surface area contributed by atoms with Gasteiger partial charge in [-0.15, -0.1) is 0 Å². The predicted octanol–water partition coefficient (Wildman–Crippen LogP) is 1.10. The second-order valence-electron chi connectivity index (χ2n) is 7.05. The third-order valence-electron chi connectivity index (χ3n) is 5.17. The number of rotatable bonds is 4. The number of sulfonamides is 1. The highest BCUT2D eigenvalue weighted by atomic mass is 32.2. The van der Waals surface area contributed by atoms with Crippen LogP contribution in [0.5, 0.6) is 0 Å². The zero-order chi connectivity index (χ0) is 17.4. The average molecular weight is 361 g/mol. The monoisotopic (exact) mass is 361 g/mol. The summed E-state index contributed by atoms with van der Waals surface area (Å²) in [7, 11) is -1.74. The van der Waals surface area contributed by atoms with Crippen molar-refractivity contribution < 1.29 is 8.42 Å². The highest BCUT2D eigenvalue weighted by molar-refractivity contribution is 7.89. The minimum absolute atomic E-state index is 0.146. The van der Waals surface area contributed by atoms with Crippen LogP contribution in [-0.4, -0.2) is 57.8 Å². The first-order valence-corrected chi connectivity index (χ1v) is 10.1. The summed E-state index contributed by atoms with van der Waals surface area (Å²) in [5.41, 5.74) is 1.04. The molecule has 2 aromatic heterocycles. The Hall–Kier alpha value is -1.77. The van der Waals surface area contributed by atoms with Gasteiger partial charge in [0.1, 0.15) is 0 Å². The molecule has 0 aliphatic carbocycles. The number of imidazole rings is 1. The molecule has 0 aromatic carbocycles. The lowest BCUT2D eigenvalue weighted by Crippen LogP contribution is -2.44.